The van der Waals surface area contributed by atoms with Gasteiger partial charge in [0.2, 0.25) is 0 Å². The molecule has 1 N–H and O–H groups in total. The van der Waals surface area contributed by atoms with Crippen LogP contribution in [0.2, 0.25) is 0 Å². The van der Waals surface area contributed by atoms with E-state index in [4.69, 9.17) is 18.6 Å². The second kappa shape index (κ2) is 5.69. The number of hydrogen-bond donors (Lipinski definition) is 1. The Bertz CT molecular complexity index is 475. The Hall–Kier alpha value is -1.53. The Morgan fingerprint density at radius 2 is 2.19 bits per heavy atom. The molecule has 1 amide bonds. The van der Waals surface area contributed by atoms with Gasteiger partial charge in [-0.3, -0.25) is 0 Å². The number of furan rings is 1. The van der Waals surface area contributed by atoms with Crippen molar-refractivity contribution in [2.75, 3.05) is 6.61 Å². The SMILES string of the molecule is CC(C)(C)OC(=O)N[C@@H](c1ccco1)[C@H]1COC(C)(C)O1. The number of nitrogens with one attached hydrogen (secondary N) is 1. The largest absolute Gasteiger partial charge is 0.467 e. The van der Waals surface area contributed by atoms with Crippen LogP contribution >= 0.6 is 0 Å². The van der Waals surface area contributed by atoms with E-state index >= 15 is 0 Å². The van der Waals surface area contributed by atoms with Crippen molar-refractivity contribution in [1.29, 1.82) is 0 Å². The van der Waals surface area contributed by atoms with Crippen molar-refractivity contribution in [3.63, 3.8) is 0 Å². The lowest BCUT2D eigenvalue weighted by molar-refractivity contribution is -0.142. The van der Waals surface area contributed by atoms with Crippen molar-refractivity contribution in [2.24, 2.45) is 0 Å². The molecule has 1 aromatic heterocycles. The summed E-state index contributed by atoms with van der Waals surface area (Å²) in [5.41, 5.74) is -0.565. The molecular formula is C15H23NO5. The Kier molecular flexibility index (Phi) is 4.30. The van der Waals surface area contributed by atoms with Gasteiger partial charge in [0.25, 0.3) is 0 Å². The van der Waals surface area contributed by atoms with Gasteiger partial charge in [0, 0.05) is 0 Å². The molecule has 118 valence electrons. The second-order valence-electron chi connectivity index (χ2n) is 6.51. The molecule has 1 saturated heterocycles. The third kappa shape index (κ3) is 4.47. The zero-order valence-electron chi connectivity index (χ0n) is 13.1. The predicted octanol–water partition coefficient (Wildman–Crippen LogP) is 3.00. The summed E-state index contributed by atoms with van der Waals surface area (Å²) < 4.78 is 22.1. The highest BCUT2D eigenvalue weighted by molar-refractivity contribution is 5.68. The number of ether oxygens (including phenoxy) is 3. The van der Waals surface area contributed by atoms with Gasteiger partial charge in [-0.25, -0.2) is 4.79 Å². The molecule has 1 fully saturated rings. The lowest BCUT2D eigenvalue weighted by Gasteiger charge is -2.26. The summed E-state index contributed by atoms with van der Waals surface area (Å²) in [5, 5.41) is 2.80. The molecule has 2 rings (SSSR count). The zero-order valence-corrected chi connectivity index (χ0v) is 13.1. The quantitative estimate of drug-likeness (QED) is 0.928. The smallest absolute Gasteiger partial charge is 0.408 e. The first-order chi connectivity index (χ1) is 9.66. The molecule has 0 radical (unpaired) electrons. The fourth-order valence-electron chi connectivity index (χ4n) is 2.13. The molecule has 2 heterocycles. The fourth-order valence-corrected chi connectivity index (χ4v) is 2.13. The summed E-state index contributed by atoms with van der Waals surface area (Å²) in [4.78, 5) is 12.0. The Morgan fingerprint density at radius 3 is 2.67 bits per heavy atom. The first-order valence-corrected chi connectivity index (χ1v) is 7.01. The third-order valence-electron chi connectivity index (χ3n) is 2.92. The van der Waals surface area contributed by atoms with Gasteiger partial charge >= 0.3 is 6.09 Å². The van der Waals surface area contributed by atoms with Gasteiger partial charge in [-0.05, 0) is 46.8 Å². The van der Waals surface area contributed by atoms with Gasteiger partial charge in [0.05, 0.1) is 12.9 Å². The molecule has 1 aliphatic heterocycles. The molecule has 0 spiro atoms. The van der Waals surface area contributed by atoms with Crippen LogP contribution in [0, 0.1) is 0 Å². The Balaban J connectivity index is 2.09. The van der Waals surface area contributed by atoms with E-state index in [1.165, 1.54) is 0 Å². The molecule has 6 heteroatoms. The molecule has 6 nitrogen and oxygen atoms in total. The van der Waals surface area contributed by atoms with Gasteiger partial charge in [-0.2, -0.15) is 0 Å². The molecule has 0 aliphatic carbocycles. The minimum Gasteiger partial charge on any atom is -0.467 e. The van der Waals surface area contributed by atoms with Gasteiger partial charge in [0.15, 0.2) is 5.79 Å². The normalized spacial score (nSPS) is 22.8. The Labute approximate surface area is 124 Å². The molecule has 1 aliphatic rings. The van der Waals surface area contributed by atoms with Crippen molar-refractivity contribution < 1.29 is 23.4 Å². The van der Waals surface area contributed by atoms with Crippen LogP contribution in [0.1, 0.15) is 46.4 Å². The van der Waals surface area contributed by atoms with Crippen LogP contribution in [0.4, 0.5) is 4.79 Å². The van der Waals surface area contributed by atoms with Crippen LogP contribution in [-0.2, 0) is 14.2 Å². The highest BCUT2D eigenvalue weighted by atomic mass is 16.7. The van der Waals surface area contributed by atoms with Crippen molar-refractivity contribution in [1.82, 2.24) is 5.32 Å². The molecule has 0 bridgehead atoms. The number of rotatable bonds is 3. The standard InChI is InChI=1S/C15H23NO5/c1-14(2,3)21-13(17)16-12(10-7-6-8-18-10)11-9-19-15(4,5)20-11/h6-8,11-12H,9H2,1-5H3,(H,16,17)/t11-,12+/m1/s1. The minimum absolute atomic E-state index is 0.335. The first-order valence-electron chi connectivity index (χ1n) is 7.01. The molecule has 21 heavy (non-hydrogen) atoms. The highest BCUT2D eigenvalue weighted by Gasteiger charge is 2.40. The van der Waals surface area contributed by atoms with Crippen molar-refractivity contribution in [3.8, 4) is 0 Å². The van der Waals surface area contributed by atoms with Crippen LogP contribution < -0.4 is 5.32 Å². The lowest BCUT2D eigenvalue weighted by Crippen LogP contribution is -2.41. The van der Waals surface area contributed by atoms with E-state index in [0.717, 1.165) is 0 Å². The summed E-state index contributed by atoms with van der Waals surface area (Å²) in [6, 6.07) is 3.09. The molecule has 2 atom stereocenters. The van der Waals surface area contributed by atoms with Gasteiger partial charge < -0.3 is 23.9 Å². The van der Waals surface area contributed by atoms with E-state index in [2.05, 4.69) is 5.32 Å². The van der Waals surface area contributed by atoms with Gasteiger partial charge in [0.1, 0.15) is 23.5 Å². The highest BCUT2D eigenvalue weighted by Crippen LogP contribution is 2.31. The fraction of sp³-hybridized carbons (Fsp3) is 0.667. The van der Waals surface area contributed by atoms with E-state index in [1.807, 2.05) is 34.6 Å². The maximum Gasteiger partial charge on any atom is 0.408 e. The van der Waals surface area contributed by atoms with E-state index in [-0.39, 0.29) is 6.10 Å². The van der Waals surface area contributed by atoms with Crippen LogP contribution in [0.5, 0.6) is 0 Å². The van der Waals surface area contributed by atoms with Crippen LogP contribution in [0.3, 0.4) is 0 Å². The second-order valence-corrected chi connectivity index (χ2v) is 6.51. The monoisotopic (exact) mass is 297 g/mol. The number of hydrogen-bond acceptors (Lipinski definition) is 5. The number of alkyl carbamates (subject to hydrolysis) is 1. The molecule has 0 unspecified atom stereocenters. The average Bonchev–Trinajstić information content (AvgIpc) is 2.92. The van der Waals surface area contributed by atoms with E-state index in [1.54, 1.807) is 18.4 Å². The van der Waals surface area contributed by atoms with E-state index in [9.17, 15) is 4.79 Å². The summed E-state index contributed by atoms with van der Waals surface area (Å²) in [5.74, 6) is -0.0716. The molecule has 0 saturated carbocycles. The van der Waals surface area contributed by atoms with Crippen molar-refractivity contribution >= 4 is 6.09 Å². The summed E-state index contributed by atoms with van der Waals surface area (Å²) >= 11 is 0. The minimum atomic E-state index is -0.675. The molecule has 1 aromatic rings. The number of carbonyl (C=O) groups excluding carboxylic acids is 1. The number of amides is 1. The van der Waals surface area contributed by atoms with Crippen molar-refractivity contribution in [2.45, 2.75) is 58.2 Å². The molecule has 0 aromatic carbocycles. The first kappa shape index (κ1) is 15.9. The average molecular weight is 297 g/mol. The van der Waals surface area contributed by atoms with Gasteiger partial charge in [-0.15, -0.1) is 0 Å². The summed E-state index contributed by atoms with van der Waals surface area (Å²) in [6.45, 7) is 9.47. The topological polar surface area (TPSA) is 69.9 Å². The van der Waals surface area contributed by atoms with Crippen LogP contribution in [0.15, 0.2) is 22.8 Å². The Morgan fingerprint density at radius 1 is 1.48 bits per heavy atom. The summed E-state index contributed by atoms with van der Waals surface area (Å²) in [7, 11) is 0. The third-order valence-corrected chi connectivity index (χ3v) is 2.92. The number of carbonyl (C=O) groups is 1. The van der Waals surface area contributed by atoms with Crippen LogP contribution in [0.25, 0.3) is 0 Å². The summed E-state index contributed by atoms with van der Waals surface area (Å²) in [6.07, 6.45) is 0.705. The maximum atomic E-state index is 12.0. The van der Waals surface area contributed by atoms with E-state index < -0.39 is 23.5 Å². The van der Waals surface area contributed by atoms with E-state index in [0.29, 0.717) is 12.4 Å². The predicted molar refractivity (Wildman–Crippen MR) is 75.7 cm³/mol. The van der Waals surface area contributed by atoms with Crippen molar-refractivity contribution in [3.05, 3.63) is 24.2 Å². The van der Waals surface area contributed by atoms with Crippen LogP contribution in [-0.4, -0.2) is 30.2 Å². The zero-order chi connectivity index (χ0) is 15.7. The van der Waals surface area contributed by atoms with Gasteiger partial charge in [-0.1, -0.05) is 0 Å². The lowest BCUT2D eigenvalue weighted by atomic mass is 10.1. The molecular weight excluding hydrogens is 274 g/mol. The maximum absolute atomic E-state index is 12.0.